The molecule has 154 valence electrons. The van der Waals surface area contributed by atoms with Gasteiger partial charge in [0.2, 0.25) is 11.8 Å². The van der Waals surface area contributed by atoms with Crippen molar-refractivity contribution in [2.45, 2.75) is 44.8 Å². The van der Waals surface area contributed by atoms with Gasteiger partial charge in [0.25, 0.3) is 0 Å². The van der Waals surface area contributed by atoms with Crippen molar-refractivity contribution in [3.8, 4) is 0 Å². The van der Waals surface area contributed by atoms with Crippen molar-refractivity contribution in [3.05, 3.63) is 71.3 Å². The van der Waals surface area contributed by atoms with Crippen LogP contribution in [0.25, 0.3) is 0 Å². The molecule has 7 N–H and O–H groups in total. The van der Waals surface area contributed by atoms with Gasteiger partial charge in [0, 0.05) is 12.1 Å². The Morgan fingerprint density at radius 2 is 1.66 bits per heavy atom. The second kappa shape index (κ2) is 11.0. The fourth-order valence-electron chi connectivity index (χ4n) is 2.84. The number of nitrogens with two attached hydrogens (primary N) is 2. The maximum absolute atomic E-state index is 12.4. The number of hydrogen-bond acceptors (Lipinski definition) is 4. The van der Waals surface area contributed by atoms with Crippen LogP contribution in [-0.4, -0.2) is 29.7 Å². The maximum atomic E-state index is 12.4. The van der Waals surface area contributed by atoms with Crippen molar-refractivity contribution in [2.24, 2.45) is 11.5 Å². The Bertz CT molecular complexity index is 821. The van der Waals surface area contributed by atoms with Gasteiger partial charge in [0.05, 0.1) is 6.04 Å². The van der Waals surface area contributed by atoms with Crippen LogP contribution in [0.5, 0.6) is 0 Å². The number of aryl methyl sites for hydroxylation is 1. The van der Waals surface area contributed by atoms with Gasteiger partial charge in [0.15, 0.2) is 0 Å². The van der Waals surface area contributed by atoms with E-state index in [0.29, 0.717) is 31.4 Å². The monoisotopic (exact) mass is 395 g/mol. The van der Waals surface area contributed by atoms with Gasteiger partial charge >= 0.3 is 0 Å². The van der Waals surface area contributed by atoms with E-state index < -0.39 is 12.1 Å². The lowest BCUT2D eigenvalue weighted by Gasteiger charge is -2.19. The molecule has 0 aliphatic carbocycles. The van der Waals surface area contributed by atoms with Gasteiger partial charge in [-0.2, -0.15) is 0 Å². The summed E-state index contributed by atoms with van der Waals surface area (Å²) < 4.78 is 0. The van der Waals surface area contributed by atoms with Crippen LogP contribution in [0.15, 0.2) is 54.6 Å². The number of hydrogen-bond donors (Lipinski definition) is 5. The Kier molecular flexibility index (Phi) is 8.36. The molecule has 0 unspecified atom stereocenters. The predicted molar refractivity (Wildman–Crippen MR) is 114 cm³/mol. The third-order valence-corrected chi connectivity index (χ3v) is 4.70. The van der Waals surface area contributed by atoms with E-state index in [-0.39, 0.29) is 17.6 Å². The Hall–Kier alpha value is -3.19. The summed E-state index contributed by atoms with van der Waals surface area (Å²) in [7, 11) is 0. The lowest BCUT2D eigenvalue weighted by molar-refractivity contribution is -0.129. The second-order valence-corrected chi connectivity index (χ2v) is 6.93. The molecule has 0 bridgehead atoms. The number of amidine groups is 1. The molecule has 0 fully saturated rings. The molecule has 0 aliphatic rings. The topological polar surface area (TPSA) is 134 Å². The third kappa shape index (κ3) is 7.04. The zero-order chi connectivity index (χ0) is 21.2. The van der Waals surface area contributed by atoms with Crippen LogP contribution in [0.3, 0.4) is 0 Å². The summed E-state index contributed by atoms with van der Waals surface area (Å²) in [6, 6.07) is 15.6. The summed E-state index contributed by atoms with van der Waals surface area (Å²) in [4.78, 5) is 24.8. The number of benzene rings is 2. The van der Waals surface area contributed by atoms with E-state index in [9.17, 15) is 9.59 Å². The molecule has 0 aromatic heterocycles. The van der Waals surface area contributed by atoms with E-state index in [4.69, 9.17) is 16.9 Å². The summed E-state index contributed by atoms with van der Waals surface area (Å²) in [5.41, 5.74) is 14.1. The van der Waals surface area contributed by atoms with Crippen LogP contribution >= 0.6 is 0 Å². The van der Waals surface area contributed by atoms with Crippen molar-refractivity contribution >= 4 is 17.6 Å². The molecule has 29 heavy (non-hydrogen) atoms. The molecule has 2 rings (SSSR count). The first-order valence-electron chi connectivity index (χ1n) is 9.71. The van der Waals surface area contributed by atoms with E-state index in [1.54, 1.807) is 24.3 Å². The largest absolute Gasteiger partial charge is 0.384 e. The number of nitrogen functional groups attached to an aromatic ring is 1. The summed E-state index contributed by atoms with van der Waals surface area (Å²) in [5, 5.41) is 13.0. The first-order valence-corrected chi connectivity index (χ1v) is 9.71. The summed E-state index contributed by atoms with van der Waals surface area (Å²) in [6.45, 7) is 2.16. The van der Waals surface area contributed by atoms with Gasteiger partial charge in [-0.05, 0) is 30.4 Å². The average molecular weight is 396 g/mol. The Labute approximate surface area is 171 Å². The Morgan fingerprint density at radius 3 is 2.24 bits per heavy atom. The van der Waals surface area contributed by atoms with E-state index in [1.807, 2.05) is 37.3 Å². The molecule has 2 atom stereocenters. The summed E-state index contributed by atoms with van der Waals surface area (Å²) >= 11 is 0. The molecule has 0 spiro atoms. The fourth-order valence-corrected chi connectivity index (χ4v) is 2.84. The Balaban J connectivity index is 1.81. The SMILES string of the molecule is CC[C@H](NC(=O)[C@H](N)CCc1ccccc1)C(=O)NCc1ccc(C(=N)N)cc1. The summed E-state index contributed by atoms with van der Waals surface area (Å²) in [6.07, 6.45) is 1.68. The molecule has 2 amide bonds. The second-order valence-electron chi connectivity index (χ2n) is 6.93. The molecule has 0 saturated carbocycles. The highest BCUT2D eigenvalue weighted by Gasteiger charge is 2.22. The highest BCUT2D eigenvalue weighted by molar-refractivity contribution is 5.95. The molecule has 0 radical (unpaired) electrons. The van der Waals surface area contributed by atoms with E-state index in [0.717, 1.165) is 11.1 Å². The van der Waals surface area contributed by atoms with Crippen LogP contribution in [-0.2, 0) is 22.6 Å². The molecule has 7 nitrogen and oxygen atoms in total. The smallest absolute Gasteiger partial charge is 0.242 e. The number of nitrogens with one attached hydrogen (secondary N) is 3. The predicted octanol–water partition coefficient (Wildman–Crippen LogP) is 1.44. The van der Waals surface area contributed by atoms with E-state index in [1.165, 1.54) is 0 Å². The number of carbonyl (C=O) groups excluding carboxylic acids is 2. The lowest BCUT2D eigenvalue weighted by atomic mass is 10.0. The minimum absolute atomic E-state index is 0.00190. The zero-order valence-corrected chi connectivity index (χ0v) is 16.7. The number of rotatable bonds is 10. The zero-order valence-electron chi connectivity index (χ0n) is 16.7. The summed E-state index contributed by atoms with van der Waals surface area (Å²) in [5.74, 6) is -0.585. The van der Waals surface area contributed by atoms with Crippen LogP contribution < -0.4 is 22.1 Å². The first-order chi connectivity index (χ1) is 13.9. The van der Waals surface area contributed by atoms with Crippen molar-refractivity contribution in [3.63, 3.8) is 0 Å². The standard InChI is InChI=1S/C22H29N5O2/c1-2-19(22(29)26-14-16-8-11-17(12-9-16)20(24)25)27-21(28)18(23)13-10-15-6-4-3-5-7-15/h3-9,11-12,18-19H,2,10,13-14,23H2,1H3,(H3,24,25)(H,26,29)(H,27,28)/t18-,19+/m1/s1. The third-order valence-electron chi connectivity index (χ3n) is 4.70. The van der Waals surface area contributed by atoms with Gasteiger partial charge in [0.1, 0.15) is 11.9 Å². The van der Waals surface area contributed by atoms with Crippen molar-refractivity contribution in [1.29, 1.82) is 5.41 Å². The molecular formula is C22H29N5O2. The lowest BCUT2D eigenvalue weighted by Crippen LogP contribution is -2.51. The highest BCUT2D eigenvalue weighted by Crippen LogP contribution is 2.06. The molecule has 2 aromatic rings. The van der Waals surface area contributed by atoms with Crippen LogP contribution in [0.2, 0.25) is 0 Å². The van der Waals surface area contributed by atoms with Crippen LogP contribution in [0.4, 0.5) is 0 Å². The van der Waals surface area contributed by atoms with Crippen molar-refractivity contribution < 1.29 is 9.59 Å². The van der Waals surface area contributed by atoms with Gasteiger partial charge in [-0.3, -0.25) is 15.0 Å². The molecule has 0 heterocycles. The maximum Gasteiger partial charge on any atom is 0.242 e. The number of carbonyl (C=O) groups is 2. The van der Waals surface area contributed by atoms with Crippen molar-refractivity contribution in [2.75, 3.05) is 0 Å². The minimum atomic E-state index is -0.670. The molecular weight excluding hydrogens is 366 g/mol. The van der Waals surface area contributed by atoms with Crippen molar-refractivity contribution in [1.82, 2.24) is 10.6 Å². The fraction of sp³-hybridized carbons (Fsp3) is 0.318. The first kappa shape index (κ1) is 22.1. The van der Waals surface area contributed by atoms with Gasteiger partial charge < -0.3 is 22.1 Å². The molecule has 0 aliphatic heterocycles. The molecule has 0 saturated heterocycles. The Morgan fingerprint density at radius 1 is 1.00 bits per heavy atom. The van der Waals surface area contributed by atoms with Gasteiger partial charge in [-0.25, -0.2) is 0 Å². The highest BCUT2D eigenvalue weighted by atomic mass is 16.2. The van der Waals surface area contributed by atoms with Gasteiger partial charge in [-0.15, -0.1) is 0 Å². The van der Waals surface area contributed by atoms with E-state index >= 15 is 0 Å². The van der Waals surface area contributed by atoms with Gasteiger partial charge in [-0.1, -0.05) is 61.5 Å². The molecule has 2 aromatic carbocycles. The van der Waals surface area contributed by atoms with Crippen LogP contribution in [0.1, 0.15) is 36.5 Å². The minimum Gasteiger partial charge on any atom is -0.384 e. The average Bonchev–Trinajstić information content (AvgIpc) is 2.74. The number of amides is 2. The normalized spacial score (nSPS) is 12.6. The quantitative estimate of drug-likeness (QED) is 0.307. The van der Waals surface area contributed by atoms with Crippen LogP contribution in [0, 0.1) is 5.41 Å². The van der Waals surface area contributed by atoms with E-state index in [2.05, 4.69) is 10.6 Å². The molecule has 7 heteroatoms.